The zero-order valence-corrected chi connectivity index (χ0v) is 32.4. The Morgan fingerprint density at radius 3 is 2.35 bits per heavy atom. The molecule has 280 valence electrons. The lowest BCUT2D eigenvalue weighted by atomic mass is 9.82. The van der Waals surface area contributed by atoms with E-state index in [9.17, 15) is 9.90 Å². The molecule has 2 N–H and O–H groups in total. The molecule has 12 heteroatoms. The Labute approximate surface area is 316 Å². The van der Waals surface area contributed by atoms with Gasteiger partial charge in [-0.2, -0.15) is 0 Å². The van der Waals surface area contributed by atoms with Crippen LogP contribution in [0.1, 0.15) is 40.5 Å². The molecule has 2 aliphatic rings. The van der Waals surface area contributed by atoms with Gasteiger partial charge < -0.3 is 29.5 Å². The third-order valence-corrected chi connectivity index (χ3v) is 15.6. The minimum Gasteiger partial charge on any atom is -0.497 e. The van der Waals surface area contributed by atoms with Crippen molar-refractivity contribution in [2.24, 2.45) is 5.92 Å². The number of aryl methyl sites for hydroxylation is 1. The average molecular weight is 746 g/mol. The van der Waals surface area contributed by atoms with Crippen LogP contribution in [0.2, 0.25) is 18.6 Å². The Bertz CT molecular complexity index is 2110. The summed E-state index contributed by atoms with van der Waals surface area (Å²) < 4.78 is 20.3. The van der Waals surface area contributed by atoms with Crippen LogP contribution in [0.4, 0.5) is 11.4 Å². The molecule has 5 aromatic rings. The highest BCUT2D eigenvalue weighted by molar-refractivity contribution is 6.91. The fourth-order valence-corrected chi connectivity index (χ4v) is 12.5. The van der Waals surface area contributed by atoms with Gasteiger partial charge in [-0.25, -0.2) is 0 Å². The smallest absolute Gasteiger partial charge is 0.264 e. The number of nitrogens with zero attached hydrogens (tertiary/aromatic N) is 4. The molecule has 0 radical (unpaired) electrons. The number of methoxy groups -OCH3 is 2. The van der Waals surface area contributed by atoms with Gasteiger partial charge in [-0.05, 0) is 72.1 Å². The molecule has 4 aromatic carbocycles. The summed E-state index contributed by atoms with van der Waals surface area (Å²) in [5.74, 6) is 0.979. The number of fused-ring (bicyclic) bond motifs is 2. The molecule has 0 saturated carbocycles. The fraction of sp³-hybridized carbons (Fsp3) is 0.333. The standard InChI is InChI=1S/C42H47N5O6Si/c1-28-39(54(4,5)35-18-15-33(51-2)16-19-35)38(21-23-46-27-32(22-24-48)44-45-46)53-42(28)36-25-34(52-3)17-20-37(36)47(41(42)50)26-29-11-13-31(14-12-29)43-40(49)30-9-7-6-8-10-30/h6-20,25,27-28,38-39,48H,21-24,26H2,1-5H3,(H,43,49)/t28-,38+,39-,42+/m1/s1. The molecule has 54 heavy (non-hydrogen) atoms. The van der Waals surface area contributed by atoms with E-state index < -0.39 is 13.7 Å². The van der Waals surface area contributed by atoms with E-state index in [1.807, 2.05) is 83.9 Å². The maximum atomic E-state index is 15.2. The van der Waals surface area contributed by atoms with Gasteiger partial charge >= 0.3 is 0 Å². The minimum absolute atomic E-state index is 0.00460. The van der Waals surface area contributed by atoms with Gasteiger partial charge in [-0.15, -0.1) is 5.10 Å². The summed E-state index contributed by atoms with van der Waals surface area (Å²) in [6.07, 6.45) is 2.65. The molecule has 0 unspecified atom stereocenters. The maximum Gasteiger partial charge on any atom is 0.264 e. The molecular formula is C42H47N5O6Si. The maximum absolute atomic E-state index is 15.2. The number of rotatable bonds is 13. The van der Waals surface area contributed by atoms with Crippen molar-refractivity contribution in [2.75, 3.05) is 31.0 Å². The molecular weight excluding hydrogens is 699 g/mol. The third kappa shape index (κ3) is 6.81. The van der Waals surface area contributed by atoms with Crippen molar-refractivity contribution < 1.29 is 28.9 Å². The van der Waals surface area contributed by atoms with Crippen LogP contribution in [-0.2, 0) is 34.6 Å². The van der Waals surface area contributed by atoms with Crippen molar-refractivity contribution in [3.63, 3.8) is 0 Å². The number of ether oxygens (including phenoxy) is 3. The molecule has 0 bridgehead atoms. The van der Waals surface area contributed by atoms with Gasteiger partial charge in [-0.1, -0.05) is 72.9 Å². The highest BCUT2D eigenvalue weighted by Gasteiger charge is 2.66. The van der Waals surface area contributed by atoms with E-state index in [0.29, 0.717) is 42.9 Å². The van der Waals surface area contributed by atoms with Crippen LogP contribution in [-0.4, -0.2) is 66.9 Å². The molecule has 7 rings (SSSR count). The van der Waals surface area contributed by atoms with Crippen LogP contribution < -0.4 is 24.9 Å². The summed E-state index contributed by atoms with van der Waals surface area (Å²) in [7, 11) is 0.946. The predicted octanol–water partition coefficient (Wildman–Crippen LogP) is 5.94. The summed E-state index contributed by atoms with van der Waals surface area (Å²) in [4.78, 5) is 29.8. The van der Waals surface area contributed by atoms with Gasteiger partial charge in [0.1, 0.15) is 11.5 Å². The monoisotopic (exact) mass is 745 g/mol. The number of nitrogens with one attached hydrogen (secondary N) is 1. The molecule has 0 aliphatic carbocycles. The lowest BCUT2D eigenvalue weighted by Gasteiger charge is -2.37. The lowest BCUT2D eigenvalue weighted by Crippen LogP contribution is -2.51. The Hall–Kier alpha value is -5.30. The predicted molar refractivity (Wildman–Crippen MR) is 210 cm³/mol. The van der Waals surface area contributed by atoms with Crippen LogP contribution in [0, 0.1) is 5.92 Å². The summed E-state index contributed by atoms with van der Waals surface area (Å²) in [5, 5.41) is 22.2. The lowest BCUT2D eigenvalue weighted by molar-refractivity contribution is -0.146. The number of hydrogen-bond acceptors (Lipinski definition) is 8. The Kier molecular flexibility index (Phi) is 10.4. The first-order valence-electron chi connectivity index (χ1n) is 18.4. The normalized spacial score (nSPS) is 20.7. The number of aliphatic hydroxyl groups is 1. The second-order valence-electron chi connectivity index (χ2n) is 14.7. The fourth-order valence-electron chi connectivity index (χ4n) is 8.45. The van der Waals surface area contributed by atoms with E-state index >= 15 is 4.79 Å². The molecule has 1 fully saturated rings. The van der Waals surface area contributed by atoms with Crippen molar-refractivity contribution in [1.82, 2.24) is 15.0 Å². The highest BCUT2D eigenvalue weighted by Crippen LogP contribution is 2.60. The van der Waals surface area contributed by atoms with Gasteiger partial charge in [0.05, 0.1) is 46.3 Å². The number of benzene rings is 4. The van der Waals surface area contributed by atoms with Gasteiger partial charge in [0.2, 0.25) is 0 Å². The number of hydrogen-bond donors (Lipinski definition) is 2. The number of aliphatic hydroxyl groups excluding tert-OH is 1. The van der Waals surface area contributed by atoms with Crippen molar-refractivity contribution >= 4 is 36.4 Å². The number of aromatic nitrogens is 3. The van der Waals surface area contributed by atoms with Crippen LogP contribution in [0.25, 0.3) is 0 Å². The van der Waals surface area contributed by atoms with Crippen molar-refractivity contribution in [3.8, 4) is 11.5 Å². The summed E-state index contributed by atoms with van der Waals surface area (Å²) in [6, 6.07) is 30.8. The van der Waals surface area contributed by atoms with Gasteiger partial charge in [0.25, 0.3) is 11.8 Å². The van der Waals surface area contributed by atoms with Crippen molar-refractivity contribution in [3.05, 3.63) is 126 Å². The first-order valence-corrected chi connectivity index (χ1v) is 21.4. The SMILES string of the molecule is COc1ccc([Si](C)(C)[C@H]2[C@H](CCn3cc(CCO)nn3)O[C@@]3(C(=O)N(Cc4ccc(NC(=O)c5ccccc5)cc4)c4ccc(OC)cc43)[C@@H]2C)cc1. The Balaban J connectivity index is 1.22. The molecule has 1 saturated heterocycles. The first kappa shape index (κ1) is 37.0. The molecule has 11 nitrogen and oxygen atoms in total. The van der Waals surface area contributed by atoms with Crippen molar-refractivity contribution in [2.45, 2.75) is 63.2 Å². The largest absolute Gasteiger partial charge is 0.497 e. The molecule has 4 atom stereocenters. The summed E-state index contributed by atoms with van der Waals surface area (Å²) >= 11 is 0. The second kappa shape index (κ2) is 15.2. The molecule has 1 aromatic heterocycles. The van der Waals surface area contributed by atoms with E-state index in [1.54, 1.807) is 31.0 Å². The third-order valence-electron chi connectivity index (χ3n) is 11.2. The topological polar surface area (TPSA) is 128 Å². The molecule has 2 amide bonds. The van der Waals surface area contributed by atoms with Gasteiger partial charge in [-0.3, -0.25) is 14.3 Å². The summed E-state index contributed by atoms with van der Waals surface area (Å²) in [6.45, 7) is 7.77. The van der Waals surface area contributed by atoms with Crippen LogP contribution >= 0.6 is 0 Å². The number of carbonyl (C=O) groups is 2. The van der Waals surface area contributed by atoms with Crippen LogP contribution in [0.3, 0.4) is 0 Å². The summed E-state index contributed by atoms with van der Waals surface area (Å²) in [5.41, 5.74) is 3.29. The Morgan fingerprint density at radius 1 is 0.963 bits per heavy atom. The first-order chi connectivity index (χ1) is 26.1. The second-order valence-corrected chi connectivity index (χ2v) is 19.4. The minimum atomic E-state index is -2.36. The number of amides is 2. The van der Waals surface area contributed by atoms with E-state index in [0.717, 1.165) is 28.3 Å². The van der Waals surface area contributed by atoms with Gasteiger partial charge in [0.15, 0.2) is 5.60 Å². The molecule has 1 spiro atoms. The van der Waals surface area contributed by atoms with E-state index in [1.165, 1.54) is 5.19 Å². The van der Waals surface area contributed by atoms with Crippen molar-refractivity contribution in [1.29, 1.82) is 0 Å². The van der Waals surface area contributed by atoms with E-state index in [2.05, 4.69) is 47.8 Å². The zero-order chi connectivity index (χ0) is 38.0. The van der Waals surface area contributed by atoms with Gasteiger partial charge in [0, 0.05) is 48.5 Å². The van der Waals surface area contributed by atoms with Crippen LogP contribution in [0.5, 0.6) is 11.5 Å². The molecule has 2 aliphatic heterocycles. The Morgan fingerprint density at radius 2 is 1.67 bits per heavy atom. The number of anilines is 2. The number of carbonyl (C=O) groups excluding carboxylic acids is 2. The highest BCUT2D eigenvalue weighted by atomic mass is 28.3. The molecule has 3 heterocycles. The van der Waals surface area contributed by atoms with E-state index in [4.69, 9.17) is 14.2 Å². The quantitative estimate of drug-likeness (QED) is 0.142. The zero-order valence-electron chi connectivity index (χ0n) is 31.4. The van der Waals surface area contributed by atoms with E-state index in [-0.39, 0.29) is 36.0 Å². The van der Waals surface area contributed by atoms with Crippen LogP contribution in [0.15, 0.2) is 103 Å². The average Bonchev–Trinajstić information content (AvgIpc) is 3.84.